The van der Waals surface area contributed by atoms with Crippen LogP contribution in [-0.4, -0.2) is 0 Å². The van der Waals surface area contributed by atoms with Crippen LogP contribution in [0.3, 0.4) is 0 Å². The molecule has 11 aromatic rings. The van der Waals surface area contributed by atoms with Gasteiger partial charge < -0.3 is 4.90 Å². The number of hydrogen-bond acceptors (Lipinski definition) is 1. The summed E-state index contributed by atoms with van der Waals surface area (Å²) in [4.78, 5) is 1.99. The summed E-state index contributed by atoms with van der Waals surface area (Å²) in [5.41, 5.74) is 17.0. The predicted octanol–water partition coefficient (Wildman–Crippen LogP) is 18.4. The predicted molar refractivity (Wildman–Crippen MR) is 283 cm³/mol. The van der Waals surface area contributed by atoms with E-state index >= 15 is 0 Å². The Labute approximate surface area is 395 Å². The molecule has 1 nitrogen and oxygen atoms in total. The van der Waals surface area contributed by atoms with Crippen LogP contribution in [-0.2, 0) is 5.41 Å². The summed E-state index contributed by atoms with van der Waals surface area (Å²) < 4.78 is 27.8. The molecule has 3 heteroatoms. The molecular formula is C65H45F2N. The van der Waals surface area contributed by atoms with Crippen molar-refractivity contribution in [2.45, 2.75) is 19.3 Å². The van der Waals surface area contributed by atoms with Crippen LogP contribution in [0.4, 0.5) is 25.8 Å². The molecule has 0 saturated carbocycles. The van der Waals surface area contributed by atoms with Gasteiger partial charge in [0.25, 0.3) is 0 Å². The van der Waals surface area contributed by atoms with Gasteiger partial charge in [0.15, 0.2) is 0 Å². The SMILES string of the molecule is CC1(C)c2cc(C=Cc3ccc(N(c4ccc(F)cc4)c4ccc(F)cc4)cc3)ccc2-c2ccc(-c3c4ccccc4c(-c4cc(-c5ccccc5)cc5ccccc45)c4ccccc34)cc21. The number of fused-ring (bicyclic) bond motifs is 6. The molecule has 0 aliphatic heterocycles. The zero-order valence-electron chi connectivity index (χ0n) is 37.7. The lowest BCUT2D eigenvalue weighted by Crippen LogP contribution is -2.15. The first-order valence-corrected chi connectivity index (χ1v) is 23.2. The molecule has 1 aliphatic carbocycles. The number of rotatable bonds is 8. The van der Waals surface area contributed by atoms with Crippen molar-refractivity contribution in [3.63, 3.8) is 0 Å². The van der Waals surface area contributed by atoms with Crippen LogP contribution in [0.15, 0.2) is 224 Å². The van der Waals surface area contributed by atoms with Gasteiger partial charge in [-0.05, 0) is 178 Å². The smallest absolute Gasteiger partial charge is 0.123 e. The normalized spacial score (nSPS) is 12.8. The van der Waals surface area contributed by atoms with E-state index in [4.69, 9.17) is 0 Å². The molecule has 68 heavy (non-hydrogen) atoms. The highest BCUT2D eigenvalue weighted by Crippen LogP contribution is 2.52. The van der Waals surface area contributed by atoms with Gasteiger partial charge in [0.2, 0.25) is 0 Å². The third-order valence-electron chi connectivity index (χ3n) is 13.9. The molecule has 0 aromatic heterocycles. The molecule has 1 aliphatic rings. The van der Waals surface area contributed by atoms with Gasteiger partial charge in [-0.1, -0.05) is 172 Å². The number of benzene rings is 11. The Kier molecular flexibility index (Phi) is 9.95. The van der Waals surface area contributed by atoms with Gasteiger partial charge in [-0.2, -0.15) is 0 Å². The molecule has 0 amide bonds. The van der Waals surface area contributed by atoms with E-state index in [9.17, 15) is 8.78 Å². The van der Waals surface area contributed by atoms with E-state index in [1.165, 1.54) is 112 Å². The van der Waals surface area contributed by atoms with Crippen molar-refractivity contribution < 1.29 is 8.78 Å². The van der Waals surface area contributed by atoms with Crippen LogP contribution in [0.1, 0.15) is 36.1 Å². The largest absolute Gasteiger partial charge is 0.310 e. The minimum absolute atomic E-state index is 0.237. The van der Waals surface area contributed by atoms with E-state index in [0.29, 0.717) is 0 Å². The Morgan fingerprint density at radius 3 is 1.43 bits per heavy atom. The molecule has 0 atom stereocenters. The Bertz CT molecular complexity index is 3650. The monoisotopic (exact) mass is 877 g/mol. The number of halogens is 2. The van der Waals surface area contributed by atoms with Crippen molar-refractivity contribution in [1.82, 2.24) is 0 Å². The Morgan fingerprint density at radius 1 is 0.353 bits per heavy atom. The number of anilines is 3. The first-order chi connectivity index (χ1) is 33.3. The van der Waals surface area contributed by atoms with Crippen LogP contribution in [0, 0.1) is 11.6 Å². The maximum absolute atomic E-state index is 13.9. The fourth-order valence-corrected chi connectivity index (χ4v) is 10.6. The summed E-state index contributed by atoms with van der Waals surface area (Å²) in [5.74, 6) is -0.617. The fourth-order valence-electron chi connectivity index (χ4n) is 10.6. The second-order valence-electron chi connectivity index (χ2n) is 18.4. The van der Waals surface area contributed by atoms with Gasteiger partial charge >= 0.3 is 0 Å². The molecule has 0 spiro atoms. The zero-order valence-corrected chi connectivity index (χ0v) is 37.7. The third-order valence-corrected chi connectivity index (χ3v) is 13.9. The van der Waals surface area contributed by atoms with Gasteiger partial charge in [-0.15, -0.1) is 0 Å². The topological polar surface area (TPSA) is 3.24 Å². The van der Waals surface area contributed by atoms with Crippen molar-refractivity contribution in [2.24, 2.45) is 0 Å². The van der Waals surface area contributed by atoms with Gasteiger partial charge in [-0.25, -0.2) is 8.78 Å². The fraction of sp³-hybridized carbons (Fsp3) is 0.0462. The van der Waals surface area contributed by atoms with Crippen LogP contribution < -0.4 is 4.90 Å². The minimum Gasteiger partial charge on any atom is -0.310 e. The highest BCUT2D eigenvalue weighted by molar-refractivity contribution is 6.24. The quantitative estimate of drug-likeness (QED) is 0.109. The van der Waals surface area contributed by atoms with Gasteiger partial charge in [-0.3, -0.25) is 0 Å². The van der Waals surface area contributed by atoms with E-state index in [-0.39, 0.29) is 17.0 Å². The molecule has 0 bridgehead atoms. The highest BCUT2D eigenvalue weighted by Gasteiger charge is 2.36. The summed E-state index contributed by atoms with van der Waals surface area (Å²) in [7, 11) is 0. The third kappa shape index (κ3) is 7.07. The molecule has 0 N–H and O–H groups in total. The van der Waals surface area contributed by atoms with E-state index in [1.54, 1.807) is 24.3 Å². The zero-order chi connectivity index (χ0) is 45.9. The summed E-state index contributed by atoms with van der Waals surface area (Å²) >= 11 is 0. The molecule has 0 heterocycles. The molecule has 11 aromatic carbocycles. The van der Waals surface area contributed by atoms with Gasteiger partial charge in [0.05, 0.1) is 0 Å². The molecule has 12 rings (SSSR count). The molecule has 0 unspecified atom stereocenters. The molecule has 0 radical (unpaired) electrons. The molecule has 0 saturated heterocycles. The van der Waals surface area contributed by atoms with Crippen molar-refractivity contribution in [3.8, 4) is 44.5 Å². The standard InChI is InChI=1S/C65H45F2N/c1-65(2)61-38-43(21-20-42-22-30-50(31-23-42)68(51-32-26-48(66)27-33-51)52-34-28-49(67)29-35-52)24-36-54(61)55-37-25-46(41-62(55)65)63-56-16-8-10-18-58(56)64(59-19-11-9-17-57(59)63)60-40-47(44-12-4-3-5-13-44)39-45-14-6-7-15-53(45)60/h3-41H,1-2H3. The summed E-state index contributed by atoms with van der Waals surface area (Å²) in [5, 5.41) is 7.43. The van der Waals surface area contributed by atoms with Crippen molar-refractivity contribution in [2.75, 3.05) is 4.90 Å². The lowest BCUT2D eigenvalue weighted by molar-refractivity contribution is 0.628. The number of hydrogen-bond donors (Lipinski definition) is 0. The van der Waals surface area contributed by atoms with Crippen LogP contribution in [0.25, 0.3) is 89.0 Å². The number of nitrogens with zero attached hydrogens (tertiary/aromatic N) is 1. The van der Waals surface area contributed by atoms with Gasteiger partial charge in [0.1, 0.15) is 11.6 Å². The lowest BCUT2D eigenvalue weighted by Gasteiger charge is -2.25. The average molecular weight is 878 g/mol. The summed E-state index contributed by atoms with van der Waals surface area (Å²) in [6.07, 6.45) is 4.31. The van der Waals surface area contributed by atoms with Crippen LogP contribution in [0.2, 0.25) is 0 Å². The Hall–Kier alpha value is -8.40. The summed E-state index contributed by atoms with van der Waals surface area (Å²) in [6.45, 7) is 4.71. The van der Waals surface area contributed by atoms with E-state index in [0.717, 1.165) is 28.2 Å². The molecular weight excluding hydrogens is 833 g/mol. The van der Waals surface area contributed by atoms with E-state index < -0.39 is 0 Å². The molecule has 0 fully saturated rings. The Morgan fingerprint density at radius 2 is 0.824 bits per heavy atom. The second kappa shape index (κ2) is 16.5. The van der Waals surface area contributed by atoms with Gasteiger partial charge in [0, 0.05) is 22.5 Å². The van der Waals surface area contributed by atoms with E-state index in [1.807, 2.05) is 17.0 Å². The maximum Gasteiger partial charge on any atom is 0.123 e. The second-order valence-corrected chi connectivity index (χ2v) is 18.4. The van der Waals surface area contributed by atoms with Crippen LogP contribution >= 0.6 is 0 Å². The maximum atomic E-state index is 13.9. The first kappa shape index (κ1) is 41.1. The van der Waals surface area contributed by atoms with E-state index in [2.05, 4.69) is 190 Å². The van der Waals surface area contributed by atoms with Crippen molar-refractivity contribution in [3.05, 3.63) is 258 Å². The Balaban J connectivity index is 0.900. The summed E-state index contributed by atoms with van der Waals surface area (Å²) in [6, 6.07) is 77.0. The highest BCUT2D eigenvalue weighted by atomic mass is 19.1. The minimum atomic E-state index is -0.309. The average Bonchev–Trinajstić information content (AvgIpc) is 3.60. The van der Waals surface area contributed by atoms with Crippen LogP contribution in [0.5, 0.6) is 0 Å². The van der Waals surface area contributed by atoms with Crippen molar-refractivity contribution in [1.29, 1.82) is 0 Å². The molecule has 324 valence electrons. The van der Waals surface area contributed by atoms with Crippen molar-refractivity contribution >= 4 is 61.5 Å². The lowest BCUT2D eigenvalue weighted by atomic mass is 9.80. The first-order valence-electron chi connectivity index (χ1n) is 23.2.